The van der Waals surface area contributed by atoms with Crippen LogP contribution >= 0.6 is 11.6 Å². The number of nitrogens with zero attached hydrogens (tertiary/aromatic N) is 1. The van der Waals surface area contributed by atoms with Crippen LogP contribution in [0, 0.1) is 6.92 Å². The lowest BCUT2D eigenvalue weighted by atomic mass is 10.2. The van der Waals surface area contributed by atoms with E-state index in [-0.39, 0.29) is 5.91 Å². The van der Waals surface area contributed by atoms with Crippen LogP contribution in [0.1, 0.15) is 15.9 Å². The molecule has 0 aliphatic heterocycles. The molecule has 0 spiro atoms. The zero-order chi connectivity index (χ0) is 13.8. The number of hydrogen-bond acceptors (Lipinski definition) is 4. The summed E-state index contributed by atoms with van der Waals surface area (Å²) >= 11 is 6.00. The minimum atomic E-state index is -0.246. The average Bonchev–Trinajstić information content (AvgIpc) is 2.44. The molecule has 0 unspecified atom stereocenters. The Morgan fingerprint density at radius 3 is 2.89 bits per heavy atom. The zero-order valence-electron chi connectivity index (χ0n) is 10.3. The third kappa shape index (κ3) is 3.01. The Labute approximate surface area is 115 Å². The van der Waals surface area contributed by atoms with E-state index in [1.165, 1.54) is 6.20 Å². The van der Waals surface area contributed by atoms with Gasteiger partial charge in [-0.1, -0.05) is 17.7 Å². The van der Waals surface area contributed by atoms with Crippen molar-refractivity contribution in [3.63, 3.8) is 0 Å². The average molecular weight is 277 g/mol. The van der Waals surface area contributed by atoms with Crippen LogP contribution in [0.3, 0.4) is 0 Å². The third-order valence-corrected chi connectivity index (χ3v) is 3.10. The van der Waals surface area contributed by atoms with Crippen LogP contribution in [-0.2, 0) is 0 Å². The quantitative estimate of drug-likeness (QED) is 0.595. The number of carbonyl (C=O) groups excluding carboxylic acids is 1. The van der Waals surface area contributed by atoms with Gasteiger partial charge >= 0.3 is 0 Å². The van der Waals surface area contributed by atoms with Gasteiger partial charge in [-0.2, -0.15) is 0 Å². The summed E-state index contributed by atoms with van der Waals surface area (Å²) in [6, 6.07) is 8.52. The first kappa shape index (κ1) is 13.3. The van der Waals surface area contributed by atoms with Crippen molar-refractivity contribution >= 4 is 29.0 Å². The van der Waals surface area contributed by atoms with Crippen molar-refractivity contribution in [1.29, 1.82) is 0 Å². The number of aromatic nitrogens is 1. The van der Waals surface area contributed by atoms with Crippen LogP contribution in [0.15, 0.2) is 36.5 Å². The number of nitrogen functional groups attached to an aromatic ring is 1. The summed E-state index contributed by atoms with van der Waals surface area (Å²) in [5.41, 5.74) is 4.36. The Morgan fingerprint density at radius 1 is 1.37 bits per heavy atom. The molecule has 4 N–H and O–H groups in total. The van der Waals surface area contributed by atoms with E-state index in [4.69, 9.17) is 17.4 Å². The van der Waals surface area contributed by atoms with Crippen molar-refractivity contribution in [2.75, 3.05) is 10.7 Å². The molecule has 2 aromatic rings. The van der Waals surface area contributed by atoms with Crippen molar-refractivity contribution < 1.29 is 4.79 Å². The van der Waals surface area contributed by atoms with Gasteiger partial charge in [-0.25, -0.2) is 10.8 Å². The number of hydrazine groups is 1. The number of anilines is 2. The summed E-state index contributed by atoms with van der Waals surface area (Å²) in [5.74, 6) is 5.43. The first-order valence-electron chi connectivity index (χ1n) is 5.61. The van der Waals surface area contributed by atoms with Crippen LogP contribution in [-0.4, -0.2) is 10.9 Å². The fraction of sp³-hybridized carbons (Fsp3) is 0.0769. The van der Waals surface area contributed by atoms with Crippen LogP contribution in [0.25, 0.3) is 0 Å². The molecule has 1 heterocycles. The number of pyridine rings is 1. The van der Waals surface area contributed by atoms with Crippen LogP contribution in [0.4, 0.5) is 11.5 Å². The Kier molecular flexibility index (Phi) is 3.99. The van der Waals surface area contributed by atoms with Gasteiger partial charge in [0.2, 0.25) is 0 Å². The minimum absolute atomic E-state index is 0.246. The van der Waals surface area contributed by atoms with Crippen molar-refractivity contribution in [3.8, 4) is 0 Å². The lowest BCUT2D eigenvalue weighted by molar-refractivity contribution is 0.102. The van der Waals surface area contributed by atoms with Crippen molar-refractivity contribution in [3.05, 3.63) is 52.7 Å². The molecule has 6 heteroatoms. The highest BCUT2D eigenvalue weighted by atomic mass is 35.5. The van der Waals surface area contributed by atoms with Crippen LogP contribution < -0.4 is 16.6 Å². The molecule has 0 radical (unpaired) electrons. The van der Waals surface area contributed by atoms with Crippen LogP contribution in [0.5, 0.6) is 0 Å². The number of nitrogens with two attached hydrogens (primary N) is 1. The second-order valence-electron chi connectivity index (χ2n) is 3.94. The van der Waals surface area contributed by atoms with Gasteiger partial charge in [0.25, 0.3) is 5.91 Å². The number of rotatable bonds is 3. The summed E-state index contributed by atoms with van der Waals surface area (Å²) in [6.07, 6.45) is 1.51. The summed E-state index contributed by atoms with van der Waals surface area (Å²) < 4.78 is 0. The lowest BCUT2D eigenvalue weighted by Crippen LogP contribution is -2.15. The maximum atomic E-state index is 12.1. The summed E-state index contributed by atoms with van der Waals surface area (Å²) in [4.78, 5) is 16.0. The highest BCUT2D eigenvalue weighted by molar-refractivity contribution is 6.31. The predicted octanol–water partition coefficient (Wildman–Crippen LogP) is 2.58. The molecule has 5 nitrogen and oxygen atoms in total. The molecule has 0 aliphatic carbocycles. The zero-order valence-corrected chi connectivity index (χ0v) is 11.0. The first-order valence-corrected chi connectivity index (χ1v) is 5.98. The SMILES string of the molecule is Cc1c(Cl)cccc1NC(=O)c1ccnc(NN)c1. The molecular formula is C13H13ClN4O. The van der Waals surface area contributed by atoms with Gasteiger partial charge in [-0.3, -0.25) is 4.79 Å². The minimum Gasteiger partial charge on any atom is -0.322 e. The second kappa shape index (κ2) is 5.69. The molecule has 1 amide bonds. The number of benzene rings is 1. The molecule has 0 bridgehead atoms. The Morgan fingerprint density at radius 2 is 2.16 bits per heavy atom. The number of hydrogen-bond donors (Lipinski definition) is 3. The first-order chi connectivity index (χ1) is 9.11. The number of amides is 1. The monoisotopic (exact) mass is 276 g/mol. The van der Waals surface area contributed by atoms with E-state index >= 15 is 0 Å². The number of halogens is 1. The van der Waals surface area contributed by atoms with Gasteiger partial charge < -0.3 is 10.7 Å². The van der Waals surface area contributed by atoms with E-state index in [9.17, 15) is 4.79 Å². The van der Waals surface area contributed by atoms with Gasteiger partial charge in [0.1, 0.15) is 5.82 Å². The van der Waals surface area contributed by atoms with Crippen molar-refractivity contribution in [2.24, 2.45) is 5.84 Å². The van der Waals surface area contributed by atoms with E-state index in [0.717, 1.165) is 5.56 Å². The highest BCUT2D eigenvalue weighted by Crippen LogP contribution is 2.23. The highest BCUT2D eigenvalue weighted by Gasteiger charge is 2.09. The predicted molar refractivity (Wildman–Crippen MR) is 76.2 cm³/mol. The molecule has 0 saturated carbocycles. The number of carbonyl (C=O) groups is 1. The van der Waals surface area contributed by atoms with Crippen molar-refractivity contribution in [2.45, 2.75) is 6.92 Å². The molecule has 0 fully saturated rings. The Balaban J connectivity index is 2.23. The fourth-order valence-electron chi connectivity index (χ4n) is 1.59. The molecule has 19 heavy (non-hydrogen) atoms. The normalized spacial score (nSPS) is 10.1. The Bertz CT molecular complexity index is 615. The van der Waals surface area contributed by atoms with E-state index in [2.05, 4.69) is 15.7 Å². The van der Waals surface area contributed by atoms with E-state index in [0.29, 0.717) is 22.1 Å². The standard InChI is InChI=1S/C13H13ClN4O/c1-8-10(14)3-2-4-11(8)17-13(19)9-5-6-16-12(7-9)18-15/h2-7H,15H2,1H3,(H,16,18)(H,17,19). The van der Waals surface area contributed by atoms with Gasteiger partial charge in [0.15, 0.2) is 0 Å². The largest absolute Gasteiger partial charge is 0.322 e. The van der Waals surface area contributed by atoms with Gasteiger partial charge in [0.05, 0.1) is 0 Å². The molecule has 0 saturated heterocycles. The maximum absolute atomic E-state index is 12.1. The van der Waals surface area contributed by atoms with Gasteiger partial charge in [0, 0.05) is 22.5 Å². The smallest absolute Gasteiger partial charge is 0.255 e. The molecule has 1 aromatic heterocycles. The fourth-order valence-corrected chi connectivity index (χ4v) is 1.76. The topological polar surface area (TPSA) is 80.0 Å². The van der Waals surface area contributed by atoms with Crippen LogP contribution in [0.2, 0.25) is 5.02 Å². The molecule has 1 aromatic carbocycles. The van der Waals surface area contributed by atoms with Gasteiger partial charge in [-0.15, -0.1) is 0 Å². The molecule has 0 atom stereocenters. The summed E-state index contributed by atoms with van der Waals surface area (Å²) in [6.45, 7) is 1.84. The lowest BCUT2D eigenvalue weighted by Gasteiger charge is -2.10. The molecule has 0 aliphatic rings. The Hall–Kier alpha value is -2.11. The summed E-state index contributed by atoms with van der Waals surface area (Å²) in [5, 5.41) is 3.41. The molecule has 98 valence electrons. The second-order valence-corrected chi connectivity index (χ2v) is 4.35. The third-order valence-electron chi connectivity index (χ3n) is 2.69. The van der Waals surface area contributed by atoms with E-state index < -0.39 is 0 Å². The number of nitrogens with one attached hydrogen (secondary N) is 2. The van der Waals surface area contributed by atoms with Crippen molar-refractivity contribution in [1.82, 2.24) is 4.98 Å². The molecular weight excluding hydrogens is 264 g/mol. The molecule has 2 rings (SSSR count). The van der Waals surface area contributed by atoms with Gasteiger partial charge in [-0.05, 0) is 36.8 Å². The van der Waals surface area contributed by atoms with E-state index in [1.807, 2.05) is 6.92 Å². The maximum Gasteiger partial charge on any atom is 0.255 e. The summed E-state index contributed by atoms with van der Waals surface area (Å²) in [7, 11) is 0. The van der Waals surface area contributed by atoms with E-state index in [1.54, 1.807) is 30.3 Å².